The van der Waals surface area contributed by atoms with E-state index in [0.717, 1.165) is 44.3 Å². The molecule has 7 rings (SSSR count). The van der Waals surface area contributed by atoms with Crippen LogP contribution in [0.4, 0.5) is 24.5 Å². The minimum atomic E-state index is -4.81. The summed E-state index contributed by atoms with van der Waals surface area (Å²) in [5, 5.41) is 25.6. The second-order valence-corrected chi connectivity index (χ2v) is 20.2. The Kier molecular flexibility index (Phi) is 15.5. The summed E-state index contributed by atoms with van der Waals surface area (Å²) in [6, 6.07) is 24.6. The van der Waals surface area contributed by atoms with E-state index in [9.17, 15) is 42.7 Å². The molecule has 0 unspecified atom stereocenters. The van der Waals surface area contributed by atoms with Gasteiger partial charge in [0.2, 0.25) is 17.7 Å². The number of amides is 4. The van der Waals surface area contributed by atoms with E-state index >= 15 is 0 Å². The van der Waals surface area contributed by atoms with Gasteiger partial charge in [-0.2, -0.15) is 18.4 Å². The smallest absolute Gasteiger partial charge is 0.417 e. The van der Waals surface area contributed by atoms with Crippen molar-refractivity contribution in [2.24, 2.45) is 5.41 Å². The zero-order valence-corrected chi connectivity index (χ0v) is 41.6. The van der Waals surface area contributed by atoms with E-state index in [1.807, 2.05) is 64.1 Å². The largest absolute Gasteiger partial charge is 0.493 e. The van der Waals surface area contributed by atoms with Crippen LogP contribution >= 0.6 is 23.6 Å². The number of aromatic nitrogens is 1. The molecule has 3 heterocycles. The van der Waals surface area contributed by atoms with Crippen molar-refractivity contribution >= 4 is 63.7 Å². The third-order valence-corrected chi connectivity index (χ3v) is 13.7. The van der Waals surface area contributed by atoms with Gasteiger partial charge in [0.25, 0.3) is 5.91 Å². The van der Waals surface area contributed by atoms with Crippen LogP contribution < -0.4 is 29.9 Å². The number of aliphatic hydroxyl groups excluding tert-OH is 1. The molecule has 4 amide bonds. The lowest BCUT2D eigenvalue weighted by Gasteiger charge is -2.35. The van der Waals surface area contributed by atoms with Crippen LogP contribution in [0.3, 0.4) is 0 Å². The number of carbonyl (C=O) groups excluding carboxylic acids is 4. The van der Waals surface area contributed by atoms with Crippen LogP contribution in [0.15, 0.2) is 96.5 Å². The molecule has 71 heavy (non-hydrogen) atoms. The highest BCUT2D eigenvalue weighted by molar-refractivity contribution is 7.81. The molecule has 14 nitrogen and oxygen atoms in total. The van der Waals surface area contributed by atoms with E-state index in [-0.39, 0.29) is 49.2 Å². The Morgan fingerprint density at radius 3 is 2.17 bits per heavy atom. The number of likely N-dealkylation sites (tertiary alicyclic amines) is 1. The van der Waals surface area contributed by atoms with Gasteiger partial charge in [-0.05, 0) is 110 Å². The van der Waals surface area contributed by atoms with Crippen molar-refractivity contribution in [2.45, 2.75) is 97.3 Å². The number of ether oxygens (including phenoxy) is 2. The maximum atomic E-state index is 14.0. The van der Waals surface area contributed by atoms with Crippen molar-refractivity contribution in [2.75, 3.05) is 29.6 Å². The molecule has 2 aliphatic rings. The average molecular weight is 1010 g/mol. The zero-order valence-electron chi connectivity index (χ0n) is 40.0. The van der Waals surface area contributed by atoms with E-state index in [0.29, 0.717) is 30.2 Å². The topological polar surface area (TPSA) is 177 Å². The van der Waals surface area contributed by atoms with E-state index in [2.05, 4.69) is 15.6 Å². The number of hydrogen-bond donors (Lipinski definition) is 3. The van der Waals surface area contributed by atoms with Gasteiger partial charge in [-0.1, -0.05) is 57.2 Å². The summed E-state index contributed by atoms with van der Waals surface area (Å²) in [5.74, 6) is -0.717. The van der Waals surface area contributed by atoms with Gasteiger partial charge in [0, 0.05) is 31.6 Å². The standard InChI is InChI=1S/C52H54F3N7O7S2/c1-31-44(71-30-58-31)34-11-7-33(8-12-34)28-57-46(65)42-26-38(63)29-60(42)47(66)45(50(2,3)4)59-43(64)22-24-69-39-17-9-32(10-18-39)21-23-68-40-19-15-36(16-20-40)62-49(70)61(48(67)51(62,5)6)37-14-13-35(27-56)41(25-37)52(53,54)55/h7-20,25,30,38,42,45,63H,21-24,26,28-29H2,1-6H3,(H,57,65)(H,59,64)/t38-,42+,45-/m1/s1. The lowest BCUT2D eigenvalue weighted by molar-refractivity contribution is -0.144. The fourth-order valence-corrected chi connectivity index (χ4v) is 9.80. The molecule has 2 aliphatic heterocycles. The quantitative estimate of drug-likeness (QED) is 0.0814. The molecular formula is C52H54F3N7O7S2. The zero-order chi connectivity index (χ0) is 51.4. The number of rotatable bonds is 16. The highest BCUT2D eigenvalue weighted by atomic mass is 32.1. The number of alkyl halides is 3. The van der Waals surface area contributed by atoms with Crippen molar-refractivity contribution in [3.05, 3.63) is 124 Å². The lowest BCUT2D eigenvalue weighted by atomic mass is 9.85. The summed E-state index contributed by atoms with van der Waals surface area (Å²) in [5.41, 5.74) is 2.35. The molecule has 3 N–H and O–H groups in total. The Labute approximate surface area is 419 Å². The van der Waals surface area contributed by atoms with Gasteiger partial charge in [0.1, 0.15) is 29.1 Å². The first-order valence-electron chi connectivity index (χ1n) is 22.9. The predicted molar refractivity (Wildman–Crippen MR) is 267 cm³/mol. The first kappa shape index (κ1) is 52.0. The summed E-state index contributed by atoms with van der Waals surface area (Å²) in [6.45, 7) is 11.2. The van der Waals surface area contributed by atoms with E-state index in [1.54, 1.807) is 78.1 Å². The van der Waals surface area contributed by atoms with Gasteiger partial charge < -0.3 is 35.0 Å². The summed E-state index contributed by atoms with van der Waals surface area (Å²) < 4.78 is 53.1. The highest BCUT2D eigenvalue weighted by Crippen LogP contribution is 2.40. The molecule has 0 radical (unpaired) electrons. The number of halogens is 3. The van der Waals surface area contributed by atoms with Gasteiger partial charge in [-0.3, -0.25) is 24.1 Å². The number of carbonyl (C=O) groups is 4. The molecule has 2 fully saturated rings. The predicted octanol–water partition coefficient (Wildman–Crippen LogP) is 8.13. The third kappa shape index (κ3) is 11.8. The molecule has 5 aromatic rings. The van der Waals surface area contributed by atoms with Crippen LogP contribution in [-0.4, -0.2) is 87.2 Å². The number of hydrogen-bond acceptors (Lipinski definition) is 11. The molecule has 3 atom stereocenters. The van der Waals surface area contributed by atoms with E-state index < -0.39 is 64.2 Å². The van der Waals surface area contributed by atoms with Crippen molar-refractivity contribution in [3.63, 3.8) is 0 Å². The molecule has 372 valence electrons. The molecule has 0 bridgehead atoms. The number of aliphatic hydroxyl groups is 1. The molecule has 0 saturated carbocycles. The Morgan fingerprint density at radius 2 is 1.56 bits per heavy atom. The first-order chi connectivity index (χ1) is 33.6. The Morgan fingerprint density at radius 1 is 0.944 bits per heavy atom. The maximum Gasteiger partial charge on any atom is 0.417 e. The molecule has 0 aliphatic carbocycles. The van der Waals surface area contributed by atoms with Crippen LogP contribution in [0, 0.1) is 23.7 Å². The van der Waals surface area contributed by atoms with Gasteiger partial charge in [-0.25, -0.2) is 4.98 Å². The first-order valence-corrected chi connectivity index (χ1v) is 24.1. The number of nitrogens with one attached hydrogen (secondary N) is 2. The fourth-order valence-electron chi connectivity index (χ4n) is 8.47. The van der Waals surface area contributed by atoms with Crippen molar-refractivity contribution in [1.29, 1.82) is 5.26 Å². The van der Waals surface area contributed by atoms with Gasteiger partial charge in [-0.15, -0.1) is 11.3 Å². The molecular weight excluding hydrogens is 956 g/mol. The number of anilines is 2. The molecule has 1 aromatic heterocycles. The van der Waals surface area contributed by atoms with Crippen LogP contribution in [0.1, 0.15) is 75.4 Å². The monoisotopic (exact) mass is 1010 g/mol. The number of nitrogens with zero attached hydrogens (tertiary/aromatic N) is 5. The third-order valence-electron chi connectivity index (χ3n) is 12.3. The Bertz CT molecular complexity index is 2820. The lowest BCUT2D eigenvalue weighted by Crippen LogP contribution is -2.57. The second kappa shape index (κ2) is 21.2. The number of thiazole rings is 1. The summed E-state index contributed by atoms with van der Waals surface area (Å²) in [6.07, 6.45) is -5.13. The van der Waals surface area contributed by atoms with Crippen molar-refractivity contribution in [1.82, 2.24) is 20.5 Å². The normalized spacial score (nSPS) is 17.2. The molecule has 4 aromatic carbocycles. The second-order valence-electron chi connectivity index (χ2n) is 18.9. The number of nitriles is 1. The number of β-amino-alcohol motifs (C(OH)–C–C–N with tert-alkyl or cyclic N) is 1. The number of aryl methyl sites for hydroxylation is 1. The Hall–Kier alpha value is -6.88. The minimum Gasteiger partial charge on any atom is -0.493 e. The molecule has 0 spiro atoms. The highest BCUT2D eigenvalue weighted by Gasteiger charge is 2.51. The van der Waals surface area contributed by atoms with E-state index in [1.165, 1.54) is 11.0 Å². The van der Waals surface area contributed by atoms with Crippen LogP contribution in [0.25, 0.3) is 10.4 Å². The van der Waals surface area contributed by atoms with E-state index in [4.69, 9.17) is 21.7 Å². The van der Waals surface area contributed by atoms with Gasteiger partial charge in [0.05, 0.1) is 64.7 Å². The maximum absolute atomic E-state index is 14.0. The number of benzene rings is 4. The minimum absolute atomic E-state index is 0.0158. The van der Waals surface area contributed by atoms with Crippen LogP contribution in [0.5, 0.6) is 11.5 Å². The number of thiocarbonyl (C=S) groups is 1. The SMILES string of the molecule is Cc1ncsc1-c1ccc(CNC(=O)[C@@H]2C[C@@H](O)CN2C(=O)[C@@H](NC(=O)CCOc2ccc(CCOc3ccc(N4C(=S)N(c5ccc(C#N)c(C(F)(F)F)c5)C(=O)C4(C)C)cc3)cc2)C(C)(C)C)cc1. The van der Waals surface area contributed by atoms with Gasteiger partial charge >= 0.3 is 6.18 Å². The average Bonchev–Trinajstić information content (AvgIpc) is 3.99. The van der Waals surface area contributed by atoms with Crippen molar-refractivity contribution < 1.29 is 46.9 Å². The molecule has 19 heteroatoms. The summed E-state index contributed by atoms with van der Waals surface area (Å²) >= 11 is 7.20. The Balaban J connectivity index is 0.863. The van der Waals surface area contributed by atoms with Crippen molar-refractivity contribution in [3.8, 4) is 28.0 Å². The van der Waals surface area contributed by atoms with Gasteiger partial charge in [0.15, 0.2) is 5.11 Å². The fraction of sp³-hybridized carbons (Fsp3) is 0.365. The molecule has 2 saturated heterocycles. The summed E-state index contributed by atoms with van der Waals surface area (Å²) in [4.78, 5) is 63.7. The summed E-state index contributed by atoms with van der Waals surface area (Å²) in [7, 11) is 0. The van der Waals surface area contributed by atoms with Crippen LogP contribution in [0.2, 0.25) is 0 Å². The van der Waals surface area contributed by atoms with Crippen LogP contribution in [-0.2, 0) is 38.3 Å².